The number of hydrogen-bond acceptors (Lipinski definition) is 4. The first-order valence-corrected chi connectivity index (χ1v) is 8.39. The quantitative estimate of drug-likeness (QED) is 0.505. The molecule has 4 aromatic rings. The number of pyridine rings is 1. The van der Waals surface area contributed by atoms with Crippen molar-refractivity contribution in [1.29, 1.82) is 0 Å². The maximum atomic E-state index is 13.2. The number of carbonyl (C=O) groups excluding carboxylic acids is 1. The average Bonchev–Trinajstić information content (AvgIpc) is 3.11. The molecule has 0 radical (unpaired) electrons. The fourth-order valence-electron chi connectivity index (χ4n) is 2.69. The van der Waals surface area contributed by atoms with E-state index < -0.39 is 0 Å². The Balaban J connectivity index is 1.72. The maximum absolute atomic E-state index is 13.2. The minimum Gasteiger partial charge on any atom is -0.309 e. The van der Waals surface area contributed by atoms with Crippen LogP contribution in [0, 0.1) is 5.82 Å². The second-order valence-corrected chi connectivity index (χ2v) is 6.24. The predicted molar refractivity (Wildman–Crippen MR) is 100 cm³/mol. The molecule has 0 bridgehead atoms. The molecule has 8 heteroatoms. The smallest absolute Gasteiger partial charge is 0.278 e. The van der Waals surface area contributed by atoms with Crippen LogP contribution in [0.15, 0.2) is 61.2 Å². The molecule has 0 atom stereocenters. The first-order chi connectivity index (χ1) is 13.0. The highest BCUT2D eigenvalue weighted by Crippen LogP contribution is 2.22. The van der Waals surface area contributed by atoms with Crippen LogP contribution in [0.4, 0.5) is 10.1 Å². The van der Waals surface area contributed by atoms with Crippen LogP contribution >= 0.6 is 11.6 Å². The van der Waals surface area contributed by atoms with Gasteiger partial charge < -0.3 is 4.90 Å². The van der Waals surface area contributed by atoms with E-state index >= 15 is 0 Å². The summed E-state index contributed by atoms with van der Waals surface area (Å²) in [6, 6.07) is 9.39. The zero-order valence-corrected chi connectivity index (χ0v) is 14.9. The summed E-state index contributed by atoms with van der Waals surface area (Å²) in [5, 5.41) is 0.349. The molecule has 0 fully saturated rings. The van der Waals surface area contributed by atoms with Crippen molar-refractivity contribution >= 4 is 28.8 Å². The summed E-state index contributed by atoms with van der Waals surface area (Å²) >= 11 is 5.79. The normalized spacial score (nSPS) is 10.9. The van der Waals surface area contributed by atoms with E-state index in [0.717, 1.165) is 11.3 Å². The summed E-state index contributed by atoms with van der Waals surface area (Å²) in [4.78, 5) is 26.7. The van der Waals surface area contributed by atoms with Crippen molar-refractivity contribution in [2.24, 2.45) is 0 Å². The summed E-state index contributed by atoms with van der Waals surface area (Å²) in [6.07, 6.45) is 6.31. The molecular weight excluding hydrogens is 369 g/mol. The number of hydrogen-bond donors (Lipinski definition) is 0. The van der Waals surface area contributed by atoms with Gasteiger partial charge in [0.05, 0.1) is 30.0 Å². The number of aromatic nitrogens is 4. The topological polar surface area (TPSA) is 63.4 Å². The number of nitrogens with zero attached hydrogens (tertiary/aromatic N) is 5. The van der Waals surface area contributed by atoms with Gasteiger partial charge in [0.15, 0.2) is 5.65 Å². The number of anilines is 1. The lowest BCUT2D eigenvalue weighted by Gasteiger charge is -2.16. The molecule has 1 aromatic carbocycles. The zero-order valence-electron chi connectivity index (χ0n) is 14.2. The minimum atomic E-state index is -0.316. The van der Waals surface area contributed by atoms with Gasteiger partial charge in [0, 0.05) is 18.8 Å². The van der Waals surface area contributed by atoms with Crippen LogP contribution < -0.4 is 4.90 Å². The molecule has 0 saturated carbocycles. The van der Waals surface area contributed by atoms with Gasteiger partial charge in [-0.25, -0.2) is 19.3 Å². The van der Waals surface area contributed by atoms with Crippen molar-refractivity contribution in [2.45, 2.75) is 0 Å². The van der Waals surface area contributed by atoms with E-state index in [4.69, 9.17) is 11.6 Å². The molecule has 0 aliphatic heterocycles. The van der Waals surface area contributed by atoms with E-state index in [1.807, 2.05) is 0 Å². The minimum absolute atomic E-state index is 0.237. The molecule has 0 spiro atoms. The number of amides is 1. The molecule has 0 aliphatic rings. The highest BCUT2D eigenvalue weighted by molar-refractivity contribution is 6.29. The van der Waals surface area contributed by atoms with E-state index in [2.05, 4.69) is 15.0 Å². The van der Waals surface area contributed by atoms with Crippen LogP contribution in [-0.2, 0) is 0 Å². The Morgan fingerprint density at radius 2 is 1.81 bits per heavy atom. The summed E-state index contributed by atoms with van der Waals surface area (Å²) in [7, 11) is 1.63. The monoisotopic (exact) mass is 381 g/mol. The third-order valence-corrected chi connectivity index (χ3v) is 4.38. The fraction of sp³-hybridized carbons (Fsp3) is 0.0526. The molecule has 0 N–H and O–H groups in total. The van der Waals surface area contributed by atoms with Gasteiger partial charge in [-0.15, -0.1) is 0 Å². The van der Waals surface area contributed by atoms with Crippen LogP contribution in [0.5, 0.6) is 0 Å². The van der Waals surface area contributed by atoms with Gasteiger partial charge in [-0.3, -0.25) is 9.20 Å². The molecule has 0 saturated heterocycles. The van der Waals surface area contributed by atoms with Crippen LogP contribution in [-0.4, -0.2) is 32.3 Å². The first-order valence-electron chi connectivity index (χ1n) is 8.01. The largest absolute Gasteiger partial charge is 0.309 e. The standard InChI is InChI=1S/C19H13ClFN5O/c1-25(14-6-7-17(20)23-8-14)19(27)15-11-26-16(9-24-18(26)10-22-15)12-2-4-13(21)5-3-12/h2-11H,1H3. The first kappa shape index (κ1) is 17.1. The van der Waals surface area contributed by atoms with Crippen molar-refractivity contribution in [3.8, 4) is 11.3 Å². The third-order valence-electron chi connectivity index (χ3n) is 4.16. The van der Waals surface area contributed by atoms with E-state index in [1.165, 1.54) is 29.4 Å². The van der Waals surface area contributed by atoms with Crippen LogP contribution in [0.25, 0.3) is 16.9 Å². The van der Waals surface area contributed by atoms with Crippen LogP contribution in [0.3, 0.4) is 0 Å². The van der Waals surface area contributed by atoms with E-state index in [0.29, 0.717) is 16.5 Å². The van der Waals surface area contributed by atoms with E-state index in [9.17, 15) is 9.18 Å². The molecule has 6 nitrogen and oxygen atoms in total. The van der Waals surface area contributed by atoms with Gasteiger partial charge in [0.1, 0.15) is 16.7 Å². The van der Waals surface area contributed by atoms with Crippen molar-refractivity contribution < 1.29 is 9.18 Å². The number of benzene rings is 1. The number of rotatable bonds is 3. The Kier molecular flexibility index (Phi) is 4.29. The lowest BCUT2D eigenvalue weighted by Crippen LogP contribution is -2.27. The Hall–Kier alpha value is -3.32. The second-order valence-electron chi connectivity index (χ2n) is 5.85. The SMILES string of the molecule is CN(C(=O)c1cn2c(-c3ccc(F)cc3)cnc2cn1)c1ccc(Cl)nc1. The van der Waals surface area contributed by atoms with Gasteiger partial charge in [-0.2, -0.15) is 0 Å². The van der Waals surface area contributed by atoms with Crippen LogP contribution in [0.1, 0.15) is 10.5 Å². The van der Waals surface area contributed by atoms with Gasteiger partial charge in [-0.05, 0) is 36.4 Å². The van der Waals surface area contributed by atoms with Crippen molar-refractivity contribution in [2.75, 3.05) is 11.9 Å². The van der Waals surface area contributed by atoms with Gasteiger partial charge in [0.2, 0.25) is 0 Å². The van der Waals surface area contributed by atoms with E-state index in [-0.39, 0.29) is 17.4 Å². The highest BCUT2D eigenvalue weighted by atomic mass is 35.5. The Morgan fingerprint density at radius 1 is 1.04 bits per heavy atom. The third kappa shape index (κ3) is 3.24. The fourth-order valence-corrected chi connectivity index (χ4v) is 2.80. The molecular formula is C19H13ClFN5O. The molecule has 0 aliphatic carbocycles. The van der Waals surface area contributed by atoms with Crippen molar-refractivity contribution in [3.63, 3.8) is 0 Å². The lowest BCUT2D eigenvalue weighted by molar-refractivity contribution is 0.0987. The molecule has 0 unspecified atom stereocenters. The zero-order chi connectivity index (χ0) is 19.0. The molecule has 1 amide bonds. The molecule has 3 aromatic heterocycles. The molecule has 3 heterocycles. The lowest BCUT2D eigenvalue weighted by atomic mass is 10.1. The summed E-state index contributed by atoms with van der Waals surface area (Å²) in [5.41, 5.74) is 2.93. The van der Waals surface area contributed by atoms with Gasteiger partial charge in [-0.1, -0.05) is 11.6 Å². The van der Waals surface area contributed by atoms with Crippen molar-refractivity contribution in [3.05, 3.63) is 77.8 Å². The summed E-state index contributed by atoms with van der Waals surface area (Å²) in [6.45, 7) is 0. The number of imidazole rings is 1. The van der Waals surface area contributed by atoms with Gasteiger partial charge >= 0.3 is 0 Å². The summed E-state index contributed by atoms with van der Waals surface area (Å²) in [5.74, 6) is -0.622. The Bertz CT molecular complexity index is 1130. The highest BCUT2D eigenvalue weighted by Gasteiger charge is 2.17. The second kappa shape index (κ2) is 6.77. The van der Waals surface area contributed by atoms with Crippen molar-refractivity contribution in [1.82, 2.24) is 19.4 Å². The molecule has 4 rings (SSSR count). The summed E-state index contributed by atoms with van der Waals surface area (Å²) < 4.78 is 14.9. The van der Waals surface area contributed by atoms with Crippen LogP contribution in [0.2, 0.25) is 5.15 Å². The predicted octanol–water partition coefficient (Wildman–Crippen LogP) is 3.86. The number of carbonyl (C=O) groups is 1. The number of halogens is 2. The van der Waals surface area contributed by atoms with Gasteiger partial charge in [0.25, 0.3) is 5.91 Å². The molecule has 134 valence electrons. The average molecular weight is 382 g/mol. The Labute approximate surface area is 158 Å². The molecule has 27 heavy (non-hydrogen) atoms. The van der Waals surface area contributed by atoms with E-state index in [1.54, 1.807) is 48.1 Å². The number of fused-ring (bicyclic) bond motifs is 1. The maximum Gasteiger partial charge on any atom is 0.278 e. The Morgan fingerprint density at radius 3 is 2.52 bits per heavy atom.